The molecular formula is C24H30N4O. The number of hydrogen-bond acceptors (Lipinski definition) is 3. The fourth-order valence-electron chi connectivity index (χ4n) is 3.67. The Labute approximate surface area is 173 Å². The largest absolute Gasteiger partial charge is 0.370 e. The lowest BCUT2D eigenvalue weighted by Crippen LogP contribution is -2.36. The second-order valence-corrected chi connectivity index (χ2v) is 7.29. The van der Waals surface area contributed by atoms with Crippen LogP contribution in [0, 0.1) is 20.8 Å². The Bertz CT molecular complexity index is 962. The van der Waals surface area contributed by atoms with Gasteiger partial charge in [0.05, 0.1) is 17.8 Å². The van der Waals surface area contributed by atoms with E-state index in [1.54, 1.807) is 0 Å². The van der Waals surface area contributed by atoms with Crippen LogP contribution in [0.4, 0.5) is 5.69 Å². The van der Waals surface area contributed by atoms with Gasteiger partial charge in [-0.1, -0.05) is 36.4 Å². The lowest BCUT2D eigenvalue weighted by molar-refractivity contribution is -0.120. The molecule has 0 aliphatic rings. The Hall–Kier alpha value is -3.08. The summed E-state index contributed by atoms with van der Waals surface area (Å²) in [5.74, 6) is 0.0321. The molecule has 0 saturated carbocycles. The molecule has 0 unspecified atom stereocenters. The molecule has 1 heterocycles. The molecule has 5 nitrogen and oxygen atoms in total. The van der Waals surface area contributed by atoms with E-state index in [-0.39, 0.29) is 5.91 Å². The Morgan fingerprint density at radius 1 is 1.03 bits per heavy atom. The van der Waals surface area contributed by atoms with Gasteiger partial charge in [-0.15, -0.1) is 0 Å². The number of aromatic nitrogens is 2. The van der Waals surface area contributed by atoms with Gasteiger partial charge < -0.3 is 10.2 Å². The maximum absolute atomic E-state index is 12.6. The number of para-hydroxylation sites is 2. The molecule has 3 aromatic rings. The molecule has 152 valence electrons. The minimum atomic E-state index is 0.0321. The van der Waals surface area contributed by atoms with E-state index in [4.69, 9.17) is 0 Å². The van der Waals surface area contributed by atoms with Gasteiger partial charge in [0.15, 0.2) is 0 Å². The minimum absolute atomic E-state index is 0.0321. The smallest absolute Gasteiger partial charge is 0.224 e. The van der Waals surface area contributed by atoms with Crippen molar-refractivity contribution in [1.82, 2.24) is 15.1 Å². The Morgan fingerprint density at radius 3 is 2.41 bits per heavy atom. The van der Waals surface area contributed by atoms with Crippen LogP contribution in [0.1, 0.15) is 29.4 Å². The van der Waals surface area contributed by atoms with Crippen molar-refractivity contribution < 1.29 is 4.79 Å². The lowest BCUT2D eigenvalue weighted by atomic mass is 10.1. The molecule has 0 aliphatic carbocycles. The zero-order chi connectivity index (χ0) is 20.8. The van der Waals surface area contributed by atoms with Crippen molar-refractivity contribution in [2.75, 3.05) is 24.5 Å². The Balaban J connectivity index is 1.60. The molecule has 1 aromatic heterocycles. The molecule has 0 bridgehead atoms. The number of hydrogen-bond donors (Lipinski definition) is 1. The quantitative estimate of drug-likeness (QED) is 0.633. The normalized spacial score (nSPS) is 10.8. The average Bonchev–Trinajstić information content (AvgIpc) is 3.01. The number of nitrogens with zero attached hydrogens (tertiary/aromatic N) is 3. The van der Waals surface area contributed by atoms with Crippen LogP contribution >= 0.6 is 0 Å². The molecule has 5 heteroatoms. The van der Waals surface area contributed by atoms with Crippen LogP contribution in [-0.4, -0.2) is 35.3 Å². The highest BCUT2D eigenvalue weighted by Gasteiger charge is 2.16. The standard InChI is InChI=1S/C24H30N4O/c1-5-27(23-14-10-9-11-18(23)2)16-15-25-24(29)17-22-19(3)26-28(20(22)4)21-12-7-6-8-13-21/h6-14H,5,15-17H2,1-4H3,(H,25,29). The Morgan fingerprint density at radius 2 is 1.72 bits per heavy atom. The van der Waals surface area contributed by atoms with Crippen molar-refractivity contribution in [3.8, 4) is 5.69 Å². The molecule has 29 heavy (non-hydrogen) atoms. The van der Waals surface area contributed by atoms with E-state index in [0.29, 0.717) is 13.0 Å². The number of carbonyl (C=O) groups excluding carboxylic acids is 1. The lowest BCUT2D eigenvalue weighted by Gasteiger charge is -2.25. The molecule has 0 aliphatic heterocycles. The highest BCUT2D eigenvalue weighted by atomic mass is 16.1. The van der Waals surface area contributed by atoms with Gasteiger partial charge in [0.2, 0.25) is 5.91 Å². The molecule has 0 fully saturated rings. The third-order valence-electron chi connectivity index (χ3n) is 5.32. The third kappa shape index (κ3) is 4.86. The van der Waals surface area contributed by atoms with Crippen molar-refractivity contribution in [2.24, 2.45) is 0 Å². The molecule has 0 radical (unpaired) electrons. The van der Waals surface area contributed by atoms with Crippen LogP contribution in [0.15, 0.2) is 54.6 Å². The molecule has 3 rings (SSSR count). The summed E-state index contributed by atoms with van der Waals surface area (Å²) in [4.78, 5) is 14.9. The molecule has 0 atom stereocenters. The number of amides is 1. The van der Waals surface area contributed by atoms with Crippen LogP contribution in [-0.2, 0) is 11.2 Å². The van der Waals surface area contributed by atoms with E-state index >= 15 is 0 Å². The average molecular weight is 391 g/mol. The van der Waals surface area contributed by atoms with Gasteiger partial charge >= 0.3 is 0 Å². The van der Waals surface area contributed by atoms with Crippen LogP contribution in [0.2, 0.25) is 0 Å². The number of nitrogens with one attached hydrogen (secondary N) is 1. The summed E-state index contributed by atoms with van der Waals surface area (Å²) in [5.41, 5.74) is 6.39. The van der Waals surface area contributed by atoms with E-state index in [1.807, 2.05) is 48.9 Å². The number of aryl methyl sites for hydroxylation is 2. The summed E-state index contributed by atoms with van der Waals surface area (Å²) >= 11 is 0. The fraction of sp³-hybridized carbons (Fsp3) is 0.333. The topological polar surface area (TPSA) is 50.2 Å². The molecule has 1 amide bonds. The summed E-state index contributed by atoms with van der Waals surface area (Å²) in [6, 6.07) is 18.4. The summed E-state index contributed by atoms with van der Waals surface area (Å²) in [6.45, 7) is 10.5. The zero-order valence-electron chi connectivity index (χ0n) is 17.8. The van der Waals surface area contributed by atoms with E-state index < -0.39 is 0 Å². The van der Waals surface area contributed by atoms with Gasteiger partial charge in [0.25, 0.3) is 0 Å². The summed E-state index contributed by atoms with van der Waals surface area (Å²) in [6.07, 6.45) is 0.348. The monoisotopic (exact) mass is 390 g/mol. The predicted molar refractivity (Wildman–Crippen MR) is 119 cm³/mol. The van der Waals surface area contributed by atoms with Gasteiger partial charge in [-0.3, -0.25) is 4.79 Å². The SMILES string of the molecule is CCN(CCNC(=O)Cc1c(C)nn(-c2ccccc2)c1C)c1ccccc1C. The summed E-state index contributed by atoms with van der Waals surface area (Å²) in [5, 5.41) is 7.70. The molecule has 2 aromatic carbocycles. The molecule has 0 spiro atoms. The van der Waals surface area contributed by atoms with E-state index in [2.05, 4.69) is 53.4 Å². The molecular weight excluding hydrogens is 360 g/mol. The molecule has 1 N–H and O–H groups in total. The maximum Gasteiger partial charge on any atom is 0.224 e. The predicted octanol–water partition coefficient (Wildman–Crippen LogP) is 3.98. The number of rotatable bonds is 8. The number of carbonyl (C=O) groups is 1. The van der Waals surface area contributed by atoms with Crippen LogP contribution in [0.3, 0.4) is 0 Å². The summed E-state index contributed by atoms with van der Waals surface area (Å²) in [7, 11) is 0. The first-order valence-corrected chi connectivity index (χ1v) is 10.2. The van der Waals surface area contributed by atoms with Gasteiger partial charge in [0.1, 0.15) is 0 Å². The number of benzene rings is 2. The first-order valence-electron chi connectivity index (χ1n) is 10.2. The van der Waals surface area contributed by atoms with Crippen LogP contribution < -0.4 is 10.2 Å². The van der Waals surface area contributed by atoms with Crippen LogP contribution in [0.5, 0.6) is 0 Å². The first kappa shape index (κ1) is 20.6. The second-order valence-electron chi connectivity index (χ2n) is 7.29. The van der Waals surface area contributed by atoms with E-state index in [9.17, 15) is 4.79 Å². The van der Waals surface area contributed by atoms with Gasteiger partial charge in [-0.25, -0.2) is 4.68 Å². The van der Waals surface area contributed by atoms with E-state index in [1.165, 1.54) is 11.3 Å². The van der Waals surface area contributed by atoms with Gasteiger partial charge in [-0.05, 0) is 51.5 Å². The van der Waals surface area contributed by atoms with E-state index in [0.717, 1.165) is 35.7 Å². The minimum Gasteiger partial charge on any atom is -0.370 e. The highest BCUT2D eigenvalue weighted by molar-refractivity contribution is 5.79. The first-order chi connectivity index (χ1) is 14.0. The van der Waals surface area contributed by atoms with Crippen LogP contribution in [0.25, 0.3) is 5.69 Å². The maximum atomic E-state index is 12.6. The Kier molecular flexibility index (Phi) is 6.70. The summed E-state index contributed by atoms with van der Waals surface area (Å²) < 4.78 is 1.91. The van der Waals surface area contributed by atoms with Crippen molar-refractivity contribution in [2.45, 2.75) is 34.1 Å². The van der Waals surface area contributed by atoms with Gasteiger partial charge in [-0.2, -0.15) is 5.10 Å². The van der Waals surface area contributed by atoms with Crippen molar-refractivity contribution in [1.29, 1.82) is 0 Å². The third-order valence-corrected chi connectivity index (χ3v) is 5.32. The van der Waals surface area contributed by atoms with Crippen molar-refractivity contribution >= 4 is 11.6 Å². The fourth-order valence-corrected chi connectivity index (χ4v) is 3.67. The zero-order valence-corrected chi connectivity index (χ0v) is 17.8. The number of anilines is 1. The molecule has 0 saturated heterocycles. The highest BCUT2D eigenvalue weighted by Crippen LogP contribution is 2.19. The van der Waals surface area contributed by atoms with Gasteiger partial charge in [0, 0.05) is 36.6 Å². The number of likely N-dealkylation sites (N-methyl/N-ethyl adjacent to an activating group) is 1. The van der Waals surface area contributed by atoms with Crippen molar-refractivity contribution in [3.05, 3.63) is 77.1 Å². The van der Waals surface area contributed by atoms with Crippen molar-refractivity contribution in [3.63, 3.8) is 0 Å². The second kappa shape index (κ2) is 9.41.